The van der Waals surface area contributed by atoms with Crippen LogP contribution in [0.25, 0.3) is 0 Å². The summed E-state index contributed by atoms with van der Waals surface area (Å²) < 4.78 is 23.4. The number of nitrogens with zero attached hydrogens (tertiary/aromatic N) is 2. The third-order valence-electron chi connectivity index (χ3n) is 4.90. The Morgan fingerprint density at radius 2 is 1.74 bits per heavy atom. The van der Waals surface area contributed by atoms with E-state index in [-0.39, 0.29) is 18.7 Å². The number of nitrogens with one attached hydrogen (secondary N) is 1. The van der Waals surface area contributed by atoms with Gasteiger partial charge in [0.1, 0.15) is 17.6 Å². The standard InChI is InChI=1S/C22H24FN3O5/c1-30-13-3-12-25-19(14-20(27)24-16-6-10-18(31-2)11-7-16)21(28)26(22(25)29)17-8-4-15(23)5-9-17/h4-11,19H,3,12-14H2,1-2H3,(H,24,27)/t19-/m0/s1. The molecule has 0 bridgehead atoms. The third-order valence-corrected chi connectivity index (χ3v) is 4.90. The second-order valence-corrected chi connectivity index (χ2v) is 6.97. The van der Waals surface area contributed by atoms with Crippen molar-refractivity contribution in [1.82, 2.24) is 4.90 Å². The van der Waals surface area contributed by atoms with E-state index in [9.17, 15) is 18.8 Å². The van der Waals surface area contributed by atoms with Gasteiger partial charge in [-0.25, -0.2) is 14.1 Å². The van der Waals surface area contributed by atoms with Gasteiger partial charge in [0.05, 0.1) is 19.2 Å². The fourth-order valence-electron chi connectivity index (χ4n) is 3.36. The largest absolute Gasteiger partial charge is 0.497 e. The number of hydrogen-bond donors (Lipinski definition) is 1. The number of rotatable bonds is 9. The van der Waals surface area contributed by atoms with Gasteiger partial charge < -0.3 is 19.7 Å². The van der Waals surface area contributed by atoms with Gasteiger partial charge in [0.25, 0.3) is 5.91 Å². The van der Waals surface area contributed by atoms with Crippen LogP contribution in [0.4, 0.5) is 20.6 Å². The van der Waals surface area contributed by atoms with Crippen LogP contribution in [0.5, 0.6) is 5.75 Å². The van der Waals surface area contributed by atoms with Crippen molar-refractivity contribution in [2.75, 3.05) is 37.6 Å². The minimum Gasteiger partial charge on any atom is -0.497 e. The zero-order valence-corrected chi connectivity index (χ0v) is 17.3. The molecule has 9 heteroatoms. The maximum atomic E-state index is 13.3. The lowest BCUT2D eigenvalue weighted by atomic mass is 10.1. The summed E-state index contributed by atoms with van der Waals surface area (Å²) in [5.41, 5.74) is 0.801. The first-order valence-corrected chi connectivity index (χ1v) is 9.77. The van der Waals surface area contributed by atoms with Crippen LogP contribution < -0.4 is 15.0 Å². The molecule has 31 heavy (non-hydrogen) atoms. The van der Waals surface area contributed by atoms with Crippen LogP contribution in [0, 0.1) is 5.82 Å². The van der Waals surface area contributed by atoms with Gasteiger partial charge in [0.2, 0.25) is 5.91 Å². The Balaban J connectivity index is 1.76. The summed E-state index contributed by atoms with van der Waals surface area (Å²) in [5.74, 6) is -0.767. The molecule has 0 aromatic heterocycles. The van der Waals surface area contributed by atoms with Gasteiger partial charge in [0, 0.05) is 25.9 Å². The molecule has 0 aliphatic carbocycles. The predicted molar refractivity (Wildman–Crippen MR) is 113 cm³/mol. The number of imide groups is 1. The van der Waals surface area contributed by atoms with Crippen molar-refractivity contribution in [2.24, 2.45) is 0 Å². The lowest BCUT2D eigenvalue weighted by Crippen LogP contribution is -2.38. The maximum Gasteiger partial charge on any atom is 0.332 e. The van der Waals surface area contributed by atoms with E-state index in [0.29, 0.717) is 24.5 Å². The molecule has 1 aliphatic rings. The zero-order chi connectivity index (χ0) is 22.4. The number of hydrogen-bond acceptors (Lipinski definition) is 5. The predicted octanol–water partition coefficient (Wildman–Crippen LogP) is 3.04. The Bertz CT molecular complexity index is 933. The van der Waals surface area contributed by atoms with Crippen LogP contribution in [0.3, 0.4) is 0 Å². The fourth-order valence-corrected chi connectivity index (χ4v) is 3.36. The first kappa shape index (κ1) is 22.2. The van der Waals surface area contributed by atoms with Gasteiger partial charge in [-0.2, -0.15) is 0 Å². The van der Waals surface area contributed by atoms with Gasteiger partial charge in [-0.3, -0.25) is 9.59 Å². The van der Waals surface area contributed by atoms with Gasteiger partial charge in [-0.15, -0.1) is 0 Å². The summed E-state index contributed by atoms with van der Waals surface area (Å²) in [6.07, 6.45) is 0.296. The Morgan fingerprint density at radius 3 is 2.35 bits per heavy atom. The molecule has 1 atom stereocenters. The summed E-state index contributed by atoms with van der Waals surface area (Å²) in [7, 11) is 3.09. The topological polar surface area (TPSA) is 88.2 Å². The highest BCUT2D eigenvalue weighted by atomic mass is 19.1. The lowest BCUT2D eigenvalue weighted by Gasteiger charge is -2.21. The highest BCUT2D eigenvalue weighted by Crippen LogP contribution is 2.27. The van der Waals surface area contributed by atoms with Crippen molar-refractivity contribution in [3.05, 3.63) is 54.3 Å². The Kier molecular flexibility index (Phi) is 7.19. The highest BCUT2D eigenvalue weighted by molar-refractivity contribution is 6.22. The van der Waals surface area contributed by atoms with Crippen LogP contribution in [-0.2, 0) is 14.3 Å². The average Bonchev–Trinajstić information content (AvgIpc) is 2.99. The molecule has 0 saturated carbocycles. The third kappa shape index (κ3) is 5.18. The monoisotopic (exact) mass is 429 g/mol. The molecule has 0 radical (unpaired) electrons. The van der Waals surface area contributed by atoms with E-state index in [1.807, 2.05) is 0 Å². The van der Waals surface area contributed by atoms with E-state index in [2.05, 4.69) is 5.32 Å². The molecule has 164 valence electrons. The molecule has 1 heterocycles. The highest BCUT2D eigenvalue weighted by Gasteiger charge is 2.46. The molecule has 8 nitrogen and oxygen atoms in total. The number of carbonyl (C=O) groups is 3. The quantitative estimate of drug-likeness (QED) is 0.489. The molecule has 1 saturated heterocycles. The van der Waals surface area contributed by atoms with Crippen LogP contribution >= 0.6 is 0 Å². The van der Waals surface area contributed by atoms with Crippen molar-refractivity contribution in [3.8, 4) is 5.75 Å². The van der Waals surface area contributed by atoms with E-state index in [1.54, 1.807) is 38.5 Å². The van der Waals surface area contributed by atoms with E-state index in [1.165, 1.54) is 29.2 Å². The molecule has 3 rings (SSSR count). The fraction of sp³-hybridized carbons (Fsp3) is 0.318. The Labute approximate surface area is 179 Å². The molecule has 1 fully saturated rings. The minimum absolute atomic E-state index is 0.207. The second kappa shape index (κ2) is 10.0. The van der Waals surface area contributed by atoms with Crippen LogP contribution in [0.15, 0.2) is 48.5 Å². The van der Waals surface area contributed by atoms with E-state index in [4.69, 9.17) is 9.47 Å². The van der Waals surface area contributed by atoms with E-state index in [0.717, 1.165) is 4.90 Å². The van der Waals surface area contributed by atoms with Crippen molar-refractivity contribution in [3.63, 3.8) is 0 Å². The smallest absolute Gasteiger partial charge is 0.332 e. The molecule has 4 amide bonds. The number of carbonyl (C=O) groups excluding carboxylic acids is 3. The van der Waals surface area contributed by atoms with Gasteiger partial charge in [0.15, 0.2) is 0 Å². The Hall–Kier alpha value is -3.46. The first-order valence-electron chi connectivity index (χ1n) is 9.77. The molecular weight excluding hydrogens is 405 g/mol. The van der Waals surface area contributed by atoms with Crippen LogP contribution in [0.2, 0.25) is 0 Å². The van der Waals surface area contributed by atoms with Crippen molar-refractivity contribution in [1.29, 1.82) is 0 Å². The summed E-state index contributed by atoms with van der Waals surface area (Å²) in [5, 5.41) is 2.73. The van der Waals surface area contributed by atoms with Gasteiger partial charge in [-0.05, 0) is 55.0 Å². The van der Waals surface area contributed by atoms with Gasteiger partial charge >= 0.3 is 6.03 Å². The van der Waals surface area contributed by atoms with E-state index < -0.39 is 29.7 Å². The molecule has 1 N–H and O–H groups in total. The number of benzene rings is 2. The maximum absolute atomic E-state index is 13.3. The SMILES string of the molecule is COCCCN1C(=O)N(c2ccc(F)cc2)C(=O)[C@@H]1CC(=O)Nc1ccc(OC)cc1. The van der Waals surface area contributed by atoms with Crippen molar-refractivity contribution < 1.29 is 28.2 Å². The summed E-state index contributed by atoms with van der Waals surface area (Å²) in [6.45, 7) is 0.649. The number of anilines is 2. The lowest BCUT2D eigenvalue weighted by molar-refractivity contribution is -0.124. The molecule has 1 aliphatic heterocycles. The average molecular weight is 429 g/mol. The summed E-state index contributed by atoms with van der Waals surface area (Å²) in [6, 6.07) is 10.3. The van der Waals surface area contributed by atoms with Crippen molar-refractivity contribution >= 4 is 29.2 Å². The van der Waals surface area contributed by atoms with Crippen molar-refractivity contribution in [2.45, 2.75) is 18.9 Å². The molecule has 0 spiro atoms. The second-order valence-electron chi connectivity index (χ2n) is 6.97. The number of urea groups is 1. The minimum atomic E-state index is -0.965. The summed E-state index contributed by atoms with van der Waals surface area (Å²) >= 11 is 0. The van der Waals surface area contributed by atoms with E-state index >= 15 is 0 Å². The Morgan fingerprint density at radius 1 is 1.06 bits per heavy atom. The number of halogens is 1. The van der Waals surface area contributed by atoms with Crippen LogP contribution in [-0.4, -0.2) is 56.2 Å². The molecule has 0 unspecified atom stereocenters. The normalized spacial score (nSPS) is 16.0. The van der Waals surface area contributed by atoms with Gasteiger partial charge in [-0.1, -0.05) is 0 Å². The zero-order valence-electron chi connectivity index (χ0n) is 17.3. The number of amides is 4. The molecule has 2 aromatic rings. The number of ether oxygens (including phenoxy) is 2. The number of methoxy groups -OCH3 is 2. The molecular formula is C22H24FN3O5. The first-order chi connectivity index (χ1) is 14.9. The van der Waals surface area contributed by atoms with Crippen LogP contribution in [0.1, 0.15) is 12.8 Å². The summed E-state index contributed by atoms with van der Waals surface area (Å²) in [4.78, 5) is 41.0. The molecule has 2 aromatic carbocycles.